The molecule has 0 saturated carbocycles. The molecule has 1 fully saturated rings. The number of hydrogen-bond donors (Lipinski definition) is 1. The number of hydrogen-bond acceptors (Lipinski definition) is 2. The second kappa shape index (κ2) is 4.68. The van der Waals surface area contributed by atoms with Gasteiger partial charge in [-0.1, -0.05) is 32.0 Å². The van der Waals surface area contributed by atoms with Crippen LogP contribution in [0.2, 0.25) is 0 Å². The summed E-state index contributed by atoms with van der Waals surface area (Å²) in [7, 11) is 0. The molecule has 1 aromatic carbocycles. The van der Waals surface area contributed by atoms with Crippen molar-refractivity contribution in [3.8, 4) is 0 Å². The van der Waals surface area contributed by atoms with Gasteiger partial charge in [-0.3, -0.25) is 9.89 Å². The quantitative estimate of drug-likeness (QED) is 0.899. The molecule has 4 nitrogen and oxygen atoms in total. The van der Waals surface area contributed by atoms with E-state index in [9.17, 15) is 4.79 Å². The fourth-order valence-electron chi connectivity index (χ4n) is 2.79. The van der Waals surface area contributed by atoms with Crippen molar-refractivity contribution in [3.05, 3.63) is 30.0 Å². The predicted octanol–water partition coefficient (Wildman–Crippen LogP) is 2.68. The number of nitrogens with one attached hydrogen (secondary N) is 1. The normalized spacial score (nSPS) is 19.5. The lowest BCUT2D eigenvalue weighted by molar-refractivity contribution is 0.0780. The van der Waals surface area contributed by atoms with E-state index in [1.54, 1.807) is 0 Å². The number of amides is 1. The number of fused-ring (bicyclic) bond motifs is 1. The largest absolute Gasteiger partial charge is 0.337 e. The lowest BCUT2D eigenvalue weighted by atomic mass is 9.95. The molecular formula is C15H19N3O. The predicted molar refractivity (Wildman–Crippen MR) is 74.9 cm³/mol. The highest BCUT2D eigenvalue weighted by atomic mass is 16.2. The maximum absolute atomic E-state index is 12.5. The minimum absolute atomic E-state index is 0.0561. The third-order valence-electron chi connectivity index (χ3n) is 4.13. The molecule has 2 heterocycles. The lowest BCUT2D eigenvalue weighted by Crippen LogP contribution is -2.29. The Labute approximate surface area is 112 Å². The molecule has 0 spiro atoms. The Morgan fingerprint density at radius 3 is 2.95 bits per heavy atom. The molecule has 2 aromatic rings. The number of para-hydroxylation sites is 1. The zero-order chi connectivity index (χ0) is 13.4. The Balaban J connectivity index is 1.85. The minimum atomic E-state index is 0.0561. The van der Waals surface area contributed by atoms with Gasteiger partial charge in [0, 0.05) is 18.5 Å². The van der Waals surface area contributed by atoms with Crippen LogP contribution in [0, 0.1) is 11.8 Å². The van der Waals surface area contributed by atoms with Crippen molar-refractivity contribution >= 4 is 16.8 Å². The van der Waals surface area contributed by atoms with Crippen molar-refractivity contribution in [2.45, 2.75) is 20.3 Å². The summed E-state index contributed by atoms with van der Waals surface area (Å²) in [6.45, 7) is 6.16. The van der Waals surface area contributed by atoms with Gasteiger partial charge in [-0.05, 0) is 24.3 Å². The van der Waals surface area contributed by atoms with Gasteiger partial charge >= 0.3 is 0 Å². The van der Waals surface area contributed by atoms with Gasteiger partial charge in [-0.2, -0.15) is 5.10 Å². The van der Waals surface area contributed by atoms with E-state index in [0.29, 0.717) is 17.5 Å². The summed E-state index contributed by atoms with van der Waals surface area (Å²) in [5, 5.41) is 8.04. The van der Waals surface area contributed by atoms with E-state index in [-0.39, 0.29) is 5.91 Å². The maximum Gasteiger partial charge on any atom is 0.275 e. The topological polar surface area (TPSA) is 49.0 Å². The highest BCUT2D eigenvalue weighted by molar-refractivity contribution is 6.04. The van der Waals surface area contributed by atoms with Gasteiger partial charge in [0.25, 0.3) is 5.91 Å². The van der Waals surface area contributed by atoms with Crippen LogP contribution >= 0.6 is 0 Å². The lowest BCUT2D eigenvalue weighted by Gasteiger charge is -2.17. The van der Waals surface area contributed by atoms with Crippen LogP contribution in [-0.4, -0.2) is 34.1 Å². The molecule has 1 aliphatic heterocycles. The number of benzene rings is 1. The monoisotopic (exact) mass is 257 g/mol. The Kier molecular flexibility index (Phi) is 3.01. The molecule has 0 aliphatic carbocycles. The summed E-state index contributed by atoms with van der Waals surface area (Å²) >= 11 is 0. The molecule has 4 heteroatoms. The van der Waals surface area contributed by atoms with E-state index >= 15 is 0 Å². The first-order chi connectivity index (χ1) is 9.16. The van der Waals surface area contributed by atoms with Gasteiger partial charge in [-0.25, -0.2) is 0 Å². The maximum atomic E-state index is 12.5. The molecule has 3 rings (SSSR count). The number of carbonyl (C=O) groups excluding carboxylic acids is 1. The first-order valence-electron chi connectivity index (χ1n) is 6.89. The van der Waals surface area contributed by atoms with Crippen LogP contribution in [-0.2, 0) is 0 Å². The zero-order valence-electron chi connectivity index (χ0n) is 11.4. The van der Waals surface area contributed by atoms with E-state index in [0.717, 1.165) is 30.4 Å². The summed E-state index contributed by atoms with van der Waals surface area (Å²) in [5.41, 5.74) is 1.48. The molecule has 1 aliphatic rings. The highest BCUT2D eigenvalue weighted by Crippen LogP contribution is 2.26. The van der Waals surface area contributed by atoms with E-state index in [4.69, 9.17) is 0 Å². The Morgan fingerprint density at radius 1 is 1.42 bits per heavy atom. The average Bonchev–Trinajstić information content (AvgIpc) is 3.05. The smallest absolute Gasteiger partial charge is 0.275 e. The standard InChI is InChI=1S/C15H19N3O/c1-10(2)11-7-8-18(9-11)15(19)14-12-5-3-4-6-13(12)16-17-14/h3-6,10-11H,7-9H2,1-2H3,(H,16,17). The first kappa shape index (κ1) is 12.2. The number of carbonyl (C=O) groups is 1. The highest BCUT2D eigenvalue weighted by Gasteiger charge is 2.30. The van der Waals surface area contributed by atoms with Crippen molar-refractivity contribution in [3.63, 3.8) is 0 Å². The Bertz CT molecular complexity index is 602. The van der Waals surface area contributed by atoms with Crippen molar-refractivity contribution < 1.29 is 4.79 Å². The molecule has 1 saturated heterocycles. The van der Waals surface area contributed by atoms with Crippen LogP contribution in [0.4, 0.5) is 0 Å². The van der Waals surface area contributed by atoms with E-state index in [1.807, 2.05) is 29.2 Å². The van der Waals surface area contributed by atoms with Crippen LogP contribution < -0.4 is 0 Å². The van der Waals surface area contributed by atoms with E-state index < -0.39 is 0 Å². The van der Waals surface area contributed by atoms with Gasteiger partial charge < -0.3 is 4.90 Å². The van der Waals surface area contributed by atoms with Gasteiger partial charge in [0.05, 0.1) is 5.52 Å². The number of aromatic nitrogens is 2. The summed E-state index contributed by atoms with van der Waals surface area (Å²) in [6.07, 6.45) is 1.10. The average molecular weight is 257 g/mol. The number of rotatable bonds is 2. The van der Waals surface area contributed by atoms with Crippen molar-refractivity contribution in [2.75, 3.05) is 13.1 Å². The molecule has 1 unspecified atom stereocenters. The summed E-state index contributed by atoms with van der Waals surface area (Å²) in [4.78, 5) is 14.5. The number of likely N-dealkylation sites (tertiary alicyclic amines) is 1. The number of nitrogens with zero attached hydrogens (tertiary/aromatic N) is 2. The summed E-state index contributed by atoms with van der Waals surface area (Å²) in [6, 6.07) is 7.77. The van der Waals surface area contributed by atoms with Crippen LogP contribution in [0.5, 0.6) is 0 Å². The fraction of sp³-hybridized carbons (Fsp3) is 0.467. The van der Waals surface area contributed by atoms with E-state index in [2.05, 4.69) is 24.0 Å². The van der Waals surface area contributed by atoms with Crippen LogP contribution in [0.15, 0.2) is 24.3 Å². The van der Waals surface area contributed by atoms with Gasteiger partial charge in [0.15, 0.2) is 5.69 Å². The number of H-pyrrole nitrogens is 1. The van der Waals surface area contributed by atoms with Gasteiger partial charge in [0.2, 0.25) is 0 Å². The molecule has 1 N–H and O–H groups in total. The molecule has 0 radical (unpaired) electrons. The molecule has 1 aromatic heterocycles. The van der Waals surface area contributed by atoms with Crippen molar-refractivity contribution in [2.24, 2.45) is 11.8 Å². The zero-order valence-corrected chi connectivity index (χ0v) is 11.4. The number of aromatic amines is 1. The molecular weight excluding hydrogens is 238 g/mol. The third-order valence-corrected chi connectivity index (χ3v) is 4.13. The minimum Gasteiger partial charge on any atom is -0.337 e. The van der Waals surface area contributed by atoms with Crippen LogP contribution in [0.25, 0.3) is 10.9 Å². The summed E-state index contributed by atoms with van der Waals surface area (Å²) in [5.74, 6) is 1.31. The van der Waals surface area contributed by atoms with Crippen molar-refractivity contribution in [1.29, 1.82) is 0 Å². The molecule has 0 bridgehead atoms. The Morgan fingerprint density at radius 2 is 2.21 bits per heavy atom. The van der Waals surface area contributed by atoms with Gasteiger partial charge in [0.1, 0.15) is 0 Å². The molecule has 19 heavy (non-hydrogen) atoms. The first-order valence-corrected chi connectivity index (χ1v) is 6.89. The second-order valence-corrected chi connectivity index (χ2v) is 5.66. The van der Waals surface area contributed by atoms with Gasteiger partial charge in [-0.15, -0.1) is 0 Å². The van der Waals surface area contributed by atoms with Crippen LogP contribution in [0.3, 0.4) is 0 Å². The Hall–Kier alpha value is -1.84. The van der Waals surface area contributed by atoms with E-state index in [1.165, 1.54) is 0 Å². The molecule has 1 amide bonds. The second-order valence-electron chi connectivity index (χ2n) is 5.66. The molecule has 1 atom stereocenters. The third kappa shape index (κ3) is 2.11. The SMILES string of the molecule is CC(C)C1CCN(C(=O)c2n[nH]c3ccccc23)C1. The fourth-order valence-corrected chi connectivity index (χ4v) is 2.79. The molecule has 100 valence electrons. The van der Waals surface area contributed by atoms with Crippen LogP contribution in [0.1, 0.15) is 30.8 Å². The summed E-state index contributed by atoms with van der Waals surface area (Å²) < 4.78 is 0. The van der Waals surface area contributed by atoms with Crippen molar-refractivity contribution in [1.82, 2.24) is 15.1 Å².